The van der Waals surface area contributed by atoms with Crippen LogP contribution >= 0.6 is 11.8 Å². The van der Waals surface area contributed by atoms with Crippen molar-refractivity contribution in [2.45, 2.75) is 22.9 Å². The number of para-hydroxylation sites is 2. The van der Waals surface area contributed by atoms with Gasteiger partial charge in [-0.15, -0.1) is 11.8 Å². The number of imide groups is 1. The van der Waals surface area contributed by atoms with Crippen LogP contribution in [-0.2, 0) is 15.1 Å². The number of hydrogen-bond acceptors (Lipinski definition) is 5. The molecule has 3 aliphatic rings. The summed E-state index contributed by atoms with van der Waals surface area (Å²) in [4.78, 5) is 44.4. The molecular weight excluding hydrogens is 462 g/mol. The maximum Gasteiger partial charge on any atom is 0.325 e. The Labute approximate surface area is 207 Å². The van der Waals surface area contributed by atoms with Crippen LogP contribution in [0.2, 0.25) is 0 Å². The zero-order valence-corrected chi connectivity index (χ0v) is 19.7. The van der Waals surface area contributed by atoms with Gasteiger partial charge < -0.3 is 15.0 Å². The van der Waals surface area contributed by atoms with Crippen LogP contribution in [0.1, 0.15) is 23.6 Å². The van der Waals surface area contributed by atoms with Gasteiger partial charge in [-0.1, -0.05) is 60.7 Å². The highest BCUT2D eigenvalue weighted by Gasteiger charge is 2.55. The minimum atomic E-state index is -1.21. The van der Waals surface area contributed by atoms with Gasteiger partial charge >= 0.3 is 6.03 Å². The fraction of sp³-hybridized carbons (Fsp3) is 0.222. The SMILES string of the molecule is O=C1N[C@]2(CCOc3ccccc32)C(=O)N1CC(=O)N1c2ccccc2SC[C@@H]1c1ccccc1. The quantitative estimate of drug-likeness (QED) is 0.566. The molecule has 3 aromatic rings. The van der Waals surface area contributed by atoms with Crippen LogP contribution in [0.4, 0.5) is 10.5 Å². The van der Waals surface area contributed by atoms with Gasteiger partial charge in [-0.05, 0) is 23.8 Å². The van der Waals surface area contributed by atoms with E-state index in [1.54, 1.807) is 28.8 Å². The Morgan fingerprint density at radius 1 is 1.00 bits per heavy atom. The van der Waals surface area contributed by atoms with Crippen molar-refractivity contribution in [3.63, 3.8) is 0 Å². The van der Waals surface area contributed by atoms with Crippen molar-refractivity contribution in [3.05, 3.63) is 90.0 Å². The fourth-order valence-electron chi connectivity index (χ4n) is 5.14. The molecule has 0 aliphatic carbocycles. The molecule has 8 heteroatoms. The normalized spacial score (nSPS) is 22.9. The van der Waals surface area contributed by atoms with E-state index < -0.39 is 17.5 Å². The van der Waals surface area contributed by atoms with E-state index >= 15 is 0 Å². The van der Waals surface area contributed by atoms with Crippen molar-refractivity contribution < 1.29 is 19.1 Å². The highest BCUT2D eigenvalue weighted by Crippen LogP contribution is 2.44. The van der Waals surface area contributed by atoms with Crippen molar-refractivity contribution in [3.8, 4) is 5.75 Å². The van der Waals surface area contributed by atoms with E-state index in [1.165, 1.54) is 0 Å². The molecule has 0 unspecified atom stereocenters. The molecule has 7 nitrogen and oxygen atoms in total. The highest BCUT2D eigenvalue weighted by molar-refractivity contribution is 7.99. The van der Waals surface area contributed by atoms with Crippen LogP contribution in [0.3, 0.4) is 0 Å². The molecule has 2 atom stereocenters. The minimum Gasteiger partial charge on any atom is -0.493 e. The smallest absolute Gasteiger partial charge is 0.325 e. The average Bonchev–Trinajstić information content (AvgIpc) is 3.13. The summed E-state index contributed by atoms with van der Waals surface area (Å²) in [6, 6.07) is 24.1. The molecule has 35 heavy (non-hydrogen) atoms. The zero-order chi connectivity index (χ0) is 24.0. The Bertz CT molecular complexity index is 1330. The number of fused-ring (bicyclic) bond motifs is 3. The van der Waals surface area contributed by atoms with E-state index in [2.05, 4.69) is 5.32 Å². The molecule has 1 fully saturated rings. The van der Waals surface area contributed by atoms with Gasteiger partial charge in [0.15, 0.2) is 5.54 Å². The second kappa shape index (κ2) is 8.46. The summed E-state index contributed by atoms with van der Waals surface area (Å²) in [6.07, 6.45) is 0.315. The Kier molecular flexibility index (Phi) is 5.25. The Morgan fingerprint density at radius 2 is 1.74 bits per heavy atom. The highest BCUT2D eigenvalue weighted by atomic mass is 32.2. The van der Waals surface area contributed by atoms with E-state index in [0.717, 1.165) is 21.0 Å². The monoisotopic (exact) mass is 485 g/mol. The minimum absolute atomic E-state index is 0.206. The number of ether oxygens (including phenoxy) is 1. The molecule has 176 valence electrons. The van der Waals surface area contributed by atoms with Crippen LogP contribution < -0.4 is 15.0 Å². The third-order valence-electron chi connectivity index (χ3n) is 6.84. The number of amides is 4. The number of carbonyl (C=O) groups excluding carboxylic acids is 3. The number of benzene rings is 3. The number of hydrogen-bond donors (Lipinski definition) is 1. The maximum atomic E-state index is 13.8. The Balaban J connectivity index is 1.33. The second-order valence-electron chi connectivity index (χ2n) is 8.79. The van der Waals surface area contributed by atoms with Crippen molar-refractivity contribution >= 4 is 35.3 Å². The number of nitrogens with one attached hydrogen (secondary N) is 1. The predicted octanol–water partition coefficient (Wildman–Crippen LogP) is 4.10. The van der Waals surface area contributed by atoms with Crippen molar-refractivity contribution in [2.75, 3.05) is 23.8 Å². The zero-order valence-electron chi connectivity index (χ0n) is 18.8. The number of carbonyl (C=O) groups is 3. The van der Waals surface area contributed by atoms with E-state index in [4.69, 9.17) is 4.74 Å². The second-order valence-corrected chi connectivity index (χ2v) is 9.85. The lowest BCUT2D eigenvalue weighted by molar-refractivity contribution is -0.135. The summed E-state index contributed by atoms with van der Waals surface area (Å²) in [6.45, 7) is -0.0323. The lowest BCUT2D eigenvalue weighted by atomic mass is 9.84. The number of nitrogens with zero attached hydrogens (tertiary/aromatic N) is 2. The van der Waals surface area contributed by atoms with E-state index in [9.17, 15) is 14.4 Å². The molecule has 0 bridgehead atoms. The predicted molar refractivity (Wildman–Crippen MR) is 132 cm³/mol. The molecule has 0 aromatic heterocycles. The van der Waals surface area contributed by atoms with Gasteiger partial charge in [-0.25, -0.2) is 4.79 Å². The van der Waals surface area contributed by atoms with Crippen LogP contribution in [0.15, 0.2) is 83.8 Å². The molecule has 6 rings (SSSR count). The summed E-state index contributed by atoms with van der Waals surface area (Å²) >= 11 is 1.70. The Hall–Kier alpha value is -3.78. The lowest BCUT2D eigenvalue weighted by Crippen LogP contribution is -2.49. The summed E-state index contributed by atoms with van der Waals surface area (Å²) < 4.78 is 5.71. The molecule has 0 saturated carbocycles. The largest absolute Gasteiger partial charge is 0.493 e. The first kappa shape index (κ1) is 21.7. The molecule has 3 aromatic carbocycles. The topological polar surface area (TPSA) is 79.0 Å². The van der Waals surface area contributed by atoms with Crippen molar-refractivity contribution in [1.29, 1.82) is 0 Å². The van der Waals surface area contributed by atoms with Crippen LogP contribution in [0, 0.1) is 0 Å². The number of anilines is 1. The van der Waals surface area contributed by atoms with Crippen molar-refractivity contribution in [1.82, 2.24) is 10.2 Å². The summed E-state index contributed by atoms with van der Waals surface area (Å²) in [7, 11) is 0. The van der Waals surface area contributed by atoms with Gasteiger partial charge in [0.1, 0.15) is 12.3 Å². The first-order chi connectivity index (χ1) is 17.1. The molecule has 1 spiro atoms. The fourth-order valence-corrected chi connectivity index (χ4v) is 6.31. The molecule has 4 amide bonds. The number of thioether (sulfide) groups is 1. The molecular formula is C27H23N3O4S. The van der Waals surface area contributed by atoms with Crippen LogP contribution in [0.25, 0.3) is 0 Å². The number of rotatable bonds is 3. The first-order valence-corrected chi connectivity index (χ1v) is 12.5. The molecule has 1 N–H and O–H groups in total. The van der Waals surface area contributed by atoms with Gasteiger partial charge in [0.25, 0.3) is 5.91 Å². The van der Waals surface area contributed by atoms with E-state index in [-0.39, 0.29) is 18.5 Å². The van der Waals surface area contributed by atoms with Gasteiger partial charge in [-0.3, -0.25) is 14.5 Å². The first-order valence-electron chi connectivity index (χ1n) is 11.5. The number of urea groups is 1. The lowest BCUT2D eigenvalue weighted by Gasteiger charge is -2.38. The average molecular weight is 486 g/mol. The third-order valence-corrected chi connectivity index (χ3v) is 7.98. The van der Waals surface area contributed by atoms with E-state index in [1.807, 2.05) is 66.7 Å². The van der Waals surface area contributed by atoms with Gasteiger partial charge in [0.05, 0.1) is 18.3 Å². The molecule has 0 radical (unpaired) electrons. The molecule has 1 saturated heterocycles. The standard InChI is InChI=1S/C27H23N3O4S/c31-24(30-20-11-5-7-13-23(20)35-17-21(30)18-8-2-1-3-9-18)16-29-25(32)27(28-26(29)33)14-15-34-22-12-6-4-10-19(22)27/h1-13,21H,14-17H2,(H,28,33)/t21-,27+/m1/s1. The third kappa shape index (κ3) is 3.47. The summed E-state index contributed by atoms with van der Waals surface area (Å²) in [5, 5.41) is 2.88. The Morgan fingerprint density at radius 3 is 2.60 bits per heavy atom. The van der Waals surface area contributed by atoms with Gasteiger partial charge in [0.2, 0.25) is 5.91 Å². The maximum absolute atomic E-state index is 13.8. The van der Waals surface area contributed by atoms with Gasteiger partial charge in [-0.2, -0.15) is 0 Å². The van der Waals surface area contributed by atoms with Crippen LogP contribution in [-0.4, -0.2) is 41.6 Å². The summed E-state index contributed by atoms with van der Waals surface area (Å²) in [5.41, 5.74) is 1.22. The van der Waals surface area contributed by atoms with Crippen LogP contribution in [0.5, 0.6) is 5.75 Å². The van der Waals surface area contributed by atoms with Crippen molar-refractivity contribution in [2.24, 2.45) is 0 Å². The molecule has 3 heterocycles. The molecule has 3 aliphatic heterocycles. The van der Waals surface area contributed by atoms with E-state index in [0.29, 0.717) is 30.1 Å². The summed E-state index contributed by atoms with van der Waals surface area (Å²) in [5.74, 6) is 0.545. The van der Waals surface area contributed by atoms with Gasteiger partial charge in [0, 0.05) is 22.6 Å².